The van der Waals surface area contributed by atoms with Crippen LogP contribution in [0.2, 0.25) is 6.82 Å². The number of benzene rings is 1. The van der Waals surface area contributed by atoms with E-state index in [4.69, 9.17) is 0 Å². The Balaban J connectivity index is 2.76. The third kappa shape index (κ3) is 0.907. The summed E-state index contributed by atoms with van der Waals surface area (Å²) in [6.45, 7) is 2.06. The van der Waals surface area contributed by atoms with Gasteiger partial charge >= 0.3 is 0 Å². The van der Waals surface area contributed by atoms with Crippen LogP contribution in [0.5, 0.6) is 0 Å². The van der Waals surface area contributed by atoms with Crippen LogP contribution in [0.1, 0.15) is 0 Å². The van der Waals surface area contributed by atoms with Crippen LogP contribution in [-0.2, 0) is 0 Å². The molecule has 54 valence electrons. The summed E-state index contributed by atoms with van der Waals surface area (Å²) < 4.78 is 1.88. The van der Waals surface area contributed by atoms with Crippen molar-refractivity contribution in [2.45, 2.75) is 6.82 Å². The predicted octanol–water partition coefficient (Wildman–Crippen LogP) is 0.679. The van der Waals surface area contributed by atoms with Gasteiger partial charge in [-0.3, -0.25) is 4.59 Å². The molecule has 0 unspecified atom stereocenters. The van der Waals surface area contributed by atoms with Crippen LogP contribution in [-0.4, -0.2) is 22.3 Å². The van der Waals surface area contributed by atoms with E-state index in [1.807, 2.05) is 28.9 Å². The van der Waals surface area contributed by atoms with E-state index in [1.54, 1.807) is 0 Å². The fourth-order valence-electron chi connectivity index (χ4n) is 1.15. The van der Waals surface area contributed by atoms with E-state index in [0.717, 1.165) is 18.4 Å². The van der Waals surface area contributed by atoms with Gasteiger partial charge in [0.2, 0.25) is 0 Å². The zero-order valence-corrected chi connectivity index (χ0v) is 6.36. The molecule has 2 rings (SSSR count). The van der Waals surface area contributed by atoms with Crippen LogP contribution in [0.15, 0.2) is 24.3 Å². The zero-order chi connectivity index (χ0) is 7.68. The average molecular weight is 145 g/mol. The van der Waals surface area contributed by atoms with Crippen molar-refractivity contribution in [1.29, 1.82) is 0 Å². The molecular weight excluding hydrogens is 137 g/mol. The lowest BCUT2D eigenvalue weighted by Gasteiger charge is -1.92. The molecule has 0 amide bonds. The molecule has 1 heterocycles. The normalized spacial score (nSPS) is 10.3. The van der Waals surface area contributed by atoms with Crippen LogP contribution in [0, 0.1) is 0 Å². The van der Waals surface area contributed by atoms with Gasteiger partial charge in [0.1, 0.15) is 5.52 Å². The Morgan fingerprint density at radius 2 is 2.18 bits per heavy atom. The van der Waals surface area contributed by atoms with Crippen LogP contribution in [0.25, 0.3) is 11.0 Å². The van der Waals surface area contributed by atoms with Gasteiger partial charge in [-0.2, -0.15) is 0 Å². The molecule has 0 atom stereocenters. The molecule has 1 aromatic carbocycles. The number of hydrogen-bond donors (Lipinski definition) is 0. The maximum absolute atomic E-state index is 4.00. The Hall–Kier alpha value is -1.32. The van der Waals surface area contributed by atoms with Crippen molar-refractivity contribution < 1.29 is 0 Å². The van der Waals surface area contributed by atoms with Gasteiger partial charge < -0.3 is 0 Å². The summed E-state index contributed by atoms with van der Waals surface area (Å²) in [6.07, 6.45) is 0. The fourth-order valence-corrected chi connectivity index (χ4v) is 1.15. The maximum Gasteiger partial charge on any atom is 0.266 e. The Labute approximate surface area is 65.3 Å². The molecule has 0 spiro atoms. The highest BCUT2D eigenvalue weighted by molar-refractivity contribution is 6.32. The SMILES string of the molecule is CBn1nnc2ccccc21. The summed E-state index contributed by atoms with van der Waals surface area (Å²) in [4.78, 5) is 0. The van der Waals surface area contributed by atoms with Gasteiger partial charge in [-0.15, -0.1) is 5.10 Å². The number of aromatic nitrogens is 3. The largest absolute Gasteiger partial charge is 0.296 e. The van der Waals surface area contributed by atoms with Gasteiger partial charge in [0.25, 0.3) is 7.41 Å². The number of nitrogens with zero attached hydrogens (tertiary/aromatic N) is 3. The molecule has 0 fully saturated rings. The highest BCUT2D eigenvalue weighted by atomic mass is 15.4. The molecule has 0 radical (unpaired) electrons. The predicted molar refractivity (Wildman–Crippen MR) is 45.9 cm³/mol. The minimum atomic E-state index is 0.876. The van der Waals surface area contributed by atoms with E-state index < -0.39 is 0 Å². The van der Waals surface area contributed by atoms with Gasteiger partial charge in [0, 0.05) is 0 Å². The number of rotatable bonds is 1. The Morgan fingerprint density at radius 1 is 1.36 bits per heavy atom. The monoisotopic (exact) mass is 145 g/mol. The number of fused-ring (bicyclic) bond motifs is 1. The first-order valence-electron chi connectivity index (χ1n) is 3.70. The second-order valence-electron chi connectivity index (χ2n) is 2.39. The molecular formula is C7H8BN3. The van der Waals surface area contributed by atoms with Crippen molar-refractivity contribution in [1.82, 2.24) is 14.9 Å². The molecule has 0 saturated heterocycles. The lowest BCUT2D eigenvalue weighted by atomic mass is 10.0. The van der Waals surface area contributed by atoms with Gasteiger partial charge in [-0.25, -0.2) is 0 Å². The molecule has 4 heteroatoms. The average Bonchev–Trinajstić information content (AvgIpc) is 2.47. The lowest BCUT2D eigenvalue weighted by Crippen LogP contribution is -2.02. The maximum atomic E-state index is 4.00. The standard InChI is InChI=1S/C7H8BN3/c1-8-11-7-5-3-2-4-6(7)9-10-11/h2-5,8H,1H3. The summed E-state index contributed by atoms with van der Waals surface area (Å²) in [5.41, 5.74) is 2.07. The topological polar surface area (TPSA) is 30.7 Å². The first kappa shape index (κ1) is 6.40. The Bertz CT molecular complexity index is 368. The Kier molecular flexibility index (Phi) is 1.38. The van der Waals surface area contributed by atoms with Gasteiger partial charge in [0.15, 0.2) is 0 Å². The summed E-state index contributed by atoms with van der Waals surface area (Å²) in [5.74, 6) is 0. The van der Waals surface area contributed by atoms with E-state index in [2.05, 4.69) is 17.1 Å². The molecule has 2 aromatic rings. The quantitative estimate of drug-likeness (QED) is 0.552. The highest BCUT2D eigenvalue weighted by Gasteiger charge is 1.99. The van der Waals surface area contributed by atoms with Crippen molar-refractivity contribution in [3.8, 4) is 0 Å². The molecule has 3 nitrogen and oxygen atoms in total. The van der Waals surface area contributed by atoms with E-state index in [9.17, 15) is 0 Å². The molecule has 0 saturated carbocycles. The van der Waals surface area contributed by atoms with Crippen molar-refractivity contribution in [2.24, 2.45) is 0 Å². The molecule has 0 aliphatic carbocycles. The summed E-state index contributed by atoms with van der Waals surface area (Å²) in [7, 11) is 0.876. The molecule has 0 bridgehead atoms. The number of para-hydroxylation sites is 1. The molecule has 0 aliphatic rings. The van der Waals surface area contributed by atoms with Crippen molar-refractivity contribution in [3.63, 3.8) is 0 Å². The van der Waals surface area contributed by atoms with E-state index in [1.165, 1.54) is 0 Å². The minimum Gasteiger partial charge on any atom is -0.296 e. The van der Waals surface area contributed by atoms with Crippen molar-refractivity contribution >= 4 is 18.4 Å². The van der Waals surface area contributed by atoms with E-state index in [-0.39, 0.29) is 0 Å². The van der Waals surface area contributed by atoms with Crippen LogP contribution < -0.4 is 0 Å². The Morgan fingerprint density at radius 3 is 3.00 bits per heavy atom. The van der Waals surface area contributed by atoms with Gasteiger partial charge in [0.05, 0.1) is 5.52 Å². The van der Waals surface area contributed by atoms with Gasteiger partial charge in [-0.1, -0.05) is 24.2 Å². The molecule has 1 aromatic heterocycles. The third-order valence-electron chi connectivity index (χ3n) is 1.72. The third-order valence-corrected chi connectivity index (χ3v) is 1.72. The fraction of sp³-hybridized carbons (Fsp3) is 0.143. The van der Waals surface area contributed by atoms with Crippen LogP contribution in [0.3, 0.4) is 0 Å². The summed E-state index contributed by atoms with van der Waals surface area (Å²) >= 11 is 0. The van der Waals surface area contributed by atoms with E-state index in [0.29, 0.717) is 0 Å². The highest BCUT2D eigenvalue weighted by Crippen LogP contribution is 2.07. The second kappa shape index (κ2) is 2.38. The second-order valence-corrected chi connectivity index (χ2v) is 2.39. The van der Waals surface area contributed by atoms with E-state index >= 15 is 0 Å². The zero-order valence-electron chi connectivity index (χ0n) is 6.36. The number of hydrogen-bond acceptors (Lipinski definition) is 2. The first-order valence-corrected chi connectivity index (χ1v) is 3.70. The minimum absolute atomic E-state index is 0.876. The van der Waals surface area contributed by atoms with Crippen molar-refractivity contribution in [2.75, 3.05) is 0 Å². The molecule has 0 aliphatic heterocycles. The molecule has 11 heavy (non-hydrogen) atoms. The van der Waals surface area contributed by atoms with Gasteiger partial charge in [-0.05, 0) is 12.1 Å². The van der Waals surface area contributed by atoms with Crippen LogP contribution in [0.4, 0.5) is 0 Å². The van der Waals surface area contributed by atoms with Crippen molar-refractivity contribution in [3.05, 3.63) is 24.3 Å². The summed E-state index contributed by atoms with van der Waals surface area (Å²) in [6, 6.07) is 7.96. The first-order chi connectivity index (χ1) is 5.42. The smallest absolute Gasteiger partial charge is 0.266 e. The molecule has 0 N–H and O–H groups in total. The lowest BCUT2D eigenvalue weighted by molar-refractivity contribution is 0.889. The summed E-state index contributed by atoms with van der Waals surface area (Å²) in [5, 5.41) is 7.98. The van der Waals surface area contributed by atoms with Crippen LogP contribution >= 0.6 is 0 Å².